The van der Waals surface area contributed by atoms with Gasteiger partial charge < -0.3 is 16.0 Å². The Labute approximate surface area is 157 Å². The number of benzene rings is 1. The van der Waals surface area contributed by atoms with Crippen LogP contribution in [-0.2, 0) is 0 Å². The van der Waals surface area contributed by atoms with Crippen LogP contribution in [0.4, 0.5) is 0 Å². The number of pyridine rings is 1. The smallest absolute Gasteiger partial charge is 0.253 e. The van der Waals surface area contributed by atoms with Gasteiger partial charge in [0.25, 0.3) is 5.91 Å². The first kappa shape index (κ1) is 18.1. The highest BCUT2D eigenvalue weighted by Gasteiger charge is 2.15. The zero-order valence-corrected chi connectivity index (χ0v) is 15.1. The van der Waals surface area contributed by atoms with Crippen molar-refractivity contribution < 1.29 is 4.79 Å². The monoisotopic (exact) mass is 360 g/mol. The Balaban J connectivity index is 1.85. The summed E-state index contributed by atoms with van der Waals surface area (Å²) in [6.45, 7) is 0. The van der Waals surface area contributed by atoms with E-state index in [1.54, 1.807) is 57.0 Å². The maximum Gasteiger partial charge on any atom is 0.253 e. The van der Waals surface area contributed by atoms with E-state index in [4.69, 9.17) is 11.1 Å². The van der Waals surface area contributed by atoms with Crippen LogP contribution < -0.4 is 11.1 Å². The second-order valence-electron chi connectivity index (χ2n) is 6.13. The van der Waals surface area contributed by atoms with Crippen LogP contribution in [0.15, 0.2) is 65.7 Å². The predicted molar refractivity (Wildman–Crippen MR) is 107 cm³/mol. The maximum absolute atomic E-state index is 12.0. The summed E-state index contributed by atoms with van der Waals surface area (Å²) in [5, 5.41) is 10.9. The molecule has 2 heterocycles. The van der Waals surface area contributed by atoms with E-state index < -0.39 is 0 Å². The molecule has 2 aromatic rings. The number of aromatic nitrogens is 1. The average Bonchev–Trinajstić information content (AvgIpc) is 2.69. The molecule has 7 heteroatoms. The summed E-state index contributed by atoms with van der Waals surface area (Å²) in [6, 6.07) is 12.7. The number of allylic oxidation sites excluding steroid dienone is 1. The Kier molecular flexibility index (Phi) is 5.12. The molecule has 0 spiro atoms. The van der Waals surface area contributed by atoms with Crippen LogP contribution in [0, 0.1) is 5.41 Å². The topological polar surface area (TPSA) is 107 Å². The first-order valence-electron chi connectivity index (χ1n) is 8.30. The number of amidine groups is 1. The van der Waals surface area contributed by atoms with Gasteiger partial charge in [0.05, 0.1) is 11.3 Å². The van der Waals surface area contributed by atoms with Gasteiger partial charge in [-0.3, -0.25) is 15.2 Å². The zero-order chi connectivity index (χ0) is 19.4. The van der Waals surface area contributed by atoms with Crippen molar-refractivity contribution in [2.24, 2.45) is 10.7 Å². The molecule has 1 aromatic heterocycles. The number of carbonyl (C=O) groups is 1. The molecular weight excluding hydrogens is 340 g/mol. The number of hydrogen-bond acceptors (Lipinski definition) is 5. The lowest BCUT2D eigenvalue weighted by atomic mass is 10.0. The zero-order valence-electron chi connectivity index (χ0n) is 15.1. The number of hydrogen-bond donors (Lipinski definition) is 3. The SMILES string of the molecule is CN(C)C(=O)c1ccc(C2=CN/C(=C(/C(=N)N)c3ccccn3)N=C2)cc1. The van der Waals surface area contributed by atoms with Gasteiger partial charge in [0.2, 0.25) is 0 Å². The third-order valence-electron chi connectivity index (χ3n) is 4.00. The number of amides is 1. The number of nitrogens with two attached hydrogens (primary N) is 1. The van der Waals surface area contributed by atoms with Crippen molar-refractivity contribution in [1.82, 2.24) is 15.2 Å². The predicted octanol–water partition coefficient (Wildman–Crippen LogP) is 2.10. The summed E-state index contributed by atoms with van der Waals surface area (Å²) >= 11 is 0. The van der Waals surface area contributed by atoms with Gasteiger partial charge in [0.15, 0.2) is 0 Å². The van der Waals surface area contributed by atoms with Crippen molar-refractivity contribution in [3.8, 4) is 0 Å². The van der Waals surface area contributed by atoms with Crippen molar-refractivity contribution in [3.63, 3.8) is 0 Å². The van der Waals surface area contributed by atoms with Gasteiger partial charge >= 0.3 is 0 Å². The molecule has 7 nitrogen and oxygen atoms in total. The van der Waals surface area contributed by atoms with E-state index >= 15 is 0 Å². The van der Waals surface area contributed by atoms with Crippen molar-refractivity contribution in [1.29, 1.82) is 5.41 Å². The molecule has 0 atom stereocenters. The molecule has 1 aliphatic rings. The molecule has 1 aliphatic heterocycles. The highest BCUT2D eigenvalue weighted by molar-refractivity contribution is 6.21. The summed E-state index contributed by atoms with van der Waals surface area (Å²) in [5.74, 6) is 0.304. The quantitative estimate of drug-likeness (QED) is 0.573. The van der Waals surface area contributed by atoms with Gasteiger partial charge in [-0.25, -0.2) is 4.99 Å². The molecule has 3 rings (SSSR count). The second kappa shape index (κ2) is 7.65. The fourth-order valence-electron chi connectivity index (χ4n) is 2.61. The fraction of sp³-hybridized carbons (Fsp3) is 0.100. The van der Waals surface area contributed by atoms with Gasteiger partial charge in [0, 0.05) is 43.8 Å². The van der Waals surface area contributed by atoms with E-state index in [2.05, 4.69) is 15.3 Å². The normalized spacial score (nSPS) is 14.8. The molecule has 0 radical (unpaired) electrons. The molecule has 0 bridgehead atoms. The number of nitrogens with zero attached hydrogens (tertiary/aromatic N) is 3. The van der Waals surface area contributed by atoms with E-state index in [0.29, 0.717) is 22.7 Å². The van der Waals surface area contributed by atoms with Gasteiger partial charge in [-0.05, 0) is 29.8 Å². The summed E-state index contributed by atoms with van der Waals surface area (Å²) < 4.78 is 0. The Bertz CT molecular complexity index is 956. The molecule has 0 saturated carbocycles. The minimum atomic E-state index is -0.114. The van der Waals surface area contributed by atoms with Crippen molar-refractivity contribution in [2.45, 2.75) is 0 Å². The van der Waals surface area contributed by atoms with E-state index in [-0.39, 0.29) is 11.7 Å². The van der Waals surface area contributed by atoms with Crippen LogP contribution in [0.2, 0.25) is 0 Å². The van der Waals surface area contributed by atoms with Crippen LogP contribution in [0.3, 0.4) is 0 Å². The molecule has 0 unspecified atom stereocenters. The molecule has 0 aliphatic carbocycles. The third-order valence-corrected chi connectivity index (χ3v) is 4.00. The number of rotatable bonds is 4. The maximum atomic E-state index is 12.0. The van der Waals surface area contributed by atoms with Crippen LogP contribution in [0.25, 0.3) is 11.1 Å². The van der Waals surface area contributed by atoms with Crippen LogP contribution in [0.1, 0.15) is 21.6 Å². The van der Waals surface area contributed by atoms with E-state index in [0.717, 1.165) is 11.1 Å². The standard InChI is InChI=1S/C20H20N6O/c1-26(2)20(27)14-8-6-13(7-9-14)15-11-24-19(25-12-15)17(18(21)22)16-5-3-4-10-23-16/h3-12,24H,1-2H3,(H3,21,22)/b19-17-. The molecule has 27 heavy (non-hydrogen) atoms. The highest BCUT2D eigenvalue weighted by atomic mass is 16.2. The van der Waals surface area contributed by atoms with Crippen LogP contribution in [0.5, 0.6) is 0 Å². The minimum absolute atomic E-state index is 0.0438. The number of nitrogens with one attached hydrogen (secondary N) is 2. The van der Waals surface area contributed by atoms with Crippen LogP contribution >= 0.6 is 0 Å². The highest BCUT2D eigenvalue weighted by Crippen LogP contribution is 2.21. The molecule has 0 fully saturated rings. The van der Waals surface area contributed by atoms with Gasteiger partial charge in [-0.2, -0.15) is 0 Å². The number of carbonyl (C=O) groups excluding carboxylic acids is 1. The largest absolute Gasteiger partial charge is 0.384 e. The fourth-order valence-corrected chi connectivity index (χ4v) is 2.61. The van der Waals surface area contributed by atoms with E-state index in [1.807, 2.05) is 18.2 Å². The molecule has 1 amide bonds. The number of aliphatic imine (C=N–C) groups is 1. The molecule has 1 aromatic carbocycles. The molecule has 4 N–H and O–H groups in total. The molecular formula is C20H20N6O. The van der Waals surface area contributed by atoms with Gasteiger partial charge in [0.1, 0.15) is 11.7 Å². The summed E-state index contributed by atoms with van der Waals surface area (Å²) in [5.41, 5.74) is 9.14. The Morgan fingerprint density at radius 2 is 1.89 bits per heavy atom. The Morgan fingerprint density at radius 1 is 1.15 bits per heavy atom. The summed E-state index contributed by atoms with van der Waals surface area (Å²) in [6.07, 6.45) is 5.13. The lowest BCUT2D eigenvalue weighted by Crippen LogP contribution is -2.21. The van der Waals surface area contributed by atoms with E-state index in [9.17, 15) is 4.79 Å². The van der Waals surface area contributed by atoms with E-state index in [1.165, 1.54) is 4.90 Å². The molecule has 136 valence electrons. The lowest BCUT2D eigenvalue weighted by Gasteiger charge is -2.15. The summed E-state index contributed by atoms with van der Waals surface area (Å²) in [7, 11) is 3.44. The minimum Gasteiger partial charge on any atom is -0.384 e. The Hall–Kier alpha value is -3.74. The van der Waals surface area contributed by atoms with Crippen molar-refractivity contribution in [3.05, 3.63) is 77.5 Å². The second-order valence-corrected chi connectivity index (χ2v) is 6.13. The van der Waals surface area contributed by atoms with Crippen molar-refractivity contribution in [2.75, 3.05) is 14.1 Å². The third kappa shape index (κ3) is 3.92. The first-order chi connectivity index (χ1) is 13.0. The summed E-state index contributed by atoms with van der Waals surface area (Å²) in [4.78, 5) is 22.2. The lowest BCUT2D eigenvalue weighted by molar-refractivity contribution is 0.0827. The van der Waals surface area contributed by atoms with Gasteiger partial charge in [-0.1, -0.05) is 18.2 Å². The van der Waals surface area contributed by atoms with Gasteiger partial charge in [-0.15, -0.1) is 0 Å². The van der Waals surface area contributed by atoms with Crippen molar-refractivity contribution >= 4 is 29.1 Å². The Morgan fingerprint density at radius 3 is 2.41 bits per heavy atom. The van der Waals surface area contributed by atoms with Crippen LogP contribution in [-0.4, -0.2) is 41.9 Å². The average molecular weight is 360 g/mol. The first-order valence-corrected chi connectivity index (χ1v) is 8.30. The molecule has 0 saturated heterocycles.